The molecule has 1 atom stereocenters. The third-order valence-corrected chi connectivity index (χ3v) is 2.46. The molecule has 0 bridgehead atoms. The van der Waals surface area contributed by atoms with E-state index in [4.69, 9.17) is 18.9 Å². The molecule has 1 aliphatic heterocycles. The van der Waals surface area contributed by atoms with Gasteiger partial charge in [0, 0.05) is 11.6 Å². The summed E-state index contributed by atoms with van der Waals surface area (Å²) in [6.07, 6.45) is 0.296. The number of hydrogen-bond acceptors (Lipinski definition) is 4. The van der Waals surface area contributed by atoms with Crippen LogP contribution < -0.4 is 9.47 Å². The van der Waals surface area contributed by atoms with Gasteiger partial charge in [0.25, 0.3) is 0 Å². The SMILES string of the molecule is COc1ccc(COC[C@@H]2CO2)c(OC)c1. The number of ether oxygens (including phenoxy) is 4. The fourth-order valence-electron chi connectivity index (χ4n) is 1.44. The fraction of sp³-hybridized carbons (Fsp3) is 0.500. The summed E-state index contributed by atoms with van der Waals surface area (Å²) < 4.78 is 21.0. The van der Waals surface area contributed by atoms with Crippen LogP contribution in [0.4, 0.5) is 0 Å². The minimum absolute atomic E-state index is 0.296. The van der Waals surface area contributed by atoms with E-state index in [0.29, 0.717) is 19.3 Å². The molecule has 2 rings (SSSR count). The van der Waals surface area contributed by atoms with Gasteiger partial charge in [0.15, 0.2) is 0 Å². The third-order valence-electron chi connectivity index (χ3n) is 2.46. The lowest BCUT2D eigenvalue weighted by molar-refractivity contribution is 0.102. The predicted octanol–water partition coefficient (Wildman–Crippen LogP) is 1.62. The van der Waals surface area contributed by atoms with Crippen LogP contribution in [0, 0.1) is 0 Å². The minimum atomic E-state index is 0.296. The first-order valence-corrected chi connectivity index (χ1v) is 5.23. The van der Waals surface area contributed by atoms with Crippen molar-refractivity contribution in [2.45, 2.75) is 12.7 Å². The number of hydrogen-bond donors (Lipinski definition) is 0. The molecule has 1 saturated heterocycles. The predicted molar refractivity (Wildman–Crippen MR) is 58.9 cm³/mol. The molecule has 16 heavy (non-hydrogen) atoms. The van der Waals surface area contributed by atoms with Gasteiger partial charge in [-0.1, -0.05) is 0 Å². The van der Waals surface area contributed by atoms with Crippen LogP contribution in [0.5, 0.6) is 11.5 Å². The fourth-order valence-corrected chi connectivity index (χ4v) is 1.44. The zero-order valence-corrected chi connectivity index (χ0v) is 9.56. The lowest BCUT2D eigenvalue weighted by atomic mass is 10.2. The standard InChI is InChI=1S/C12H16O4/c1-13-10-4-3-9(12(5-10)14-2)6-15-7-11-8-16-11/h3-5,11H,6-8H2,1-2H3/t11-/m1/s1. The van der Waals surface area contributed by atoms with E-state index in [0.717, 1.165) is 23.7 Å². The highest BCUT2D eigenvalue weighted by molar-refractivity contribution is 5.40. The maximum atomic E-state index is 5.51. The largest absolute Gasteiger partial charge is 0.497 e. The van der Waals surface area contributed by atoms with Gasteiger partial charge < -0.3 is 18.9 Å². The van der Waals surface area contributed by atoms with E-state index in [-0.39, 0.29) is 0 Å². The van der Waals surface area contributed by atoms with E-state index >= 15 is 0 Å². The molecule has 0 aromatic heterocycles. The van der Waals surface area contributed by atoms with Crippen LogP contribution in [0.3, 0.4) is 0 Å². The summed E-state index contributed by atoms with van der Waals surface area (Å²) in [5, 5.41) is 0. The highest BCUT2D eigenvalue weighted by Gasteiger charge is 2.22. The van der Waals surface area contributed by atoms with Gasteiger partial charge in [-0.15, -0.1) is 0 Å². The Kier molecular flexibility index (Phi) is 3.64. The first-order chi connectivity index (χ1) is 7.83. The molecule has 0 radical (unpaired) electrons. The number of rotatable bonds is 6. The van der Waals surface area contributed by atoms with Crippen molar-refractivity contribution < 1.29 is 18.9 Å². The molecule has 4 nitrogen and oxygen atoms in total. The van der Waals surface area contributed by atoms with Crippen molar-refractivity contribution >= 4 is 0 Å². The second-order valence-electron chi connectivity index (χ2n) is 3.65. The molecular weight excluding hydrogens is 208 g/mol. The Hall–Kier alpha value is -1.26. The molecule has 0 saturated carbocycles. The summed E-state index contributed by atoms with van der Waals surface area (Å²) in [4.78, 5) is 0. The molecule has 1 heterocycles. The molecule has 0 amide bonds. The molecule has 88 valence electrons. The van der Waals surface area contributed by atoms with Gasteiger partial charge in [0.2, 0.25) is 0 Å². The molecule has 1 aromatic rings. The molecule has 1 fully saturated rings. The quantitative estimate of drug-likeness (QED) is 0.688. The second-order valence-corrected chi connectivity index (χ2v) is 3.65. The summed E-state index contributed by atoms with van der Waals surface area (Å²) in [5.41, 5.74) is 1.02. The smallest absolute Gasteiger partial charge is 0.128 e. The van der Waals surface area contributed by atoms with Gasteiger partial charge in [-0.25, -0.2) is 0 Å². The van der Waals surface area contributed by atoms with E-state index in [9.17, 15) is 0 Å². The van der Waals surface area contributed by atoms with Crippen molar-refractivity contribution in [2.75, 3.05) is 27.4 Å². The van der Waals surface area contributed by atoms with Crippen molar-refractivity contribution in [1.82, 2.24) is 0 Å². The monoisotopic (exact) mass is 224 g/mol. The van der Waals surface area contributed by atoms with Gasteiger partial charge in [-0.05, 0) is 12.1 Å². The summed E-state index contributed by atoms with van der Waals surface area (Å²) in [7, 11) is 3.28. The van der Waals surface area contributed by atoms with Gasteiger partial charge >= 0.3 is 0 Å². The lowest BCUT2D eigenvalue weighted by Gasteiger charge is -2.10. The van der Waals surface area contributed by atoms with E-state index < -0.39 is 0 Å². The van der Waals surface area contributed by atoms with Gasteiger partial charge in [-0.3, -0.25) is 0 Å². The van der Waals surface area contributed by atoms with Crippen LogP contribution in [0.1, 0.15) is 5.56 Å². The maximum Gasteiger partial charge on any atom is 0.128 e. The van der Waals surface area contributed by atoms with Gasteiger partial charge in [0.05, 0.1) is 34.0 Å². The van der Waals surface area contributed by atoms with Gasteiger partial charge in [-0.2, -0.15) is 0 Å². The minimum Gasteiger partial charge on any atom is -0.497 e. The van der Waals surface area contributed by atoms with Crippen molar-refractivity contribution in [2.24, 2.45) is 0 Å². The number of benzene rings is 1. The zero-order chi connectivity index (χ0) is 11.4. The Labute approximate surface area is 95.1 Å². The van der Waals surface area contributed by atoms with Crippen LogP contribution >= 0.6 is 0 Å². The Morgan fingerprint density at radius 3 is 2.75 bits per heavy atom. The average molecular weight is 224 g/mol. The third kappa shape index (κ3) is 2.87. The van der Waals surface area contributed by atoms with E-state index in [1.807, 2.05) is 18.2 Å². The second kappa shape index (κ2) is 5.18. The Morgan fingerprint density at radius 2 is 2.12 bits per heavy atom. The van der Waals surface area contributed by atoms with Crippen LogP contribution in [-0.4, -0.2) is 33.5 Å². The molecule has 0 aliphatic carbocycles. The van der Waals surface area contributed by atoms with Crippen LogP contribution in [0.25, 0.3) is 0 Å². The van der Waals surface area contributed by atoms with E-state index in [2.05, 4.69) is 0 Å². The van der Waals surface area contributed by atoms with Crippen molar-refractivity contribution in [3.05, 3.63) is 23.8 Å². The number of methoxy groups -OCH3 is 2. The van der Waals surface area contributed by atoms with E-state index in [1.54, 1.807) is 14.2 Å². The van der Waals surface area contributed by atoms with Crippen molar-refractivity contribution in [1.29, 1.82) is 0 Å². The molecule has 4 heteroatoms. The molecule has 1 aliphatic rings. The molecule has 1 aromatic carbocycles. The highest BCUT2D eigenvalue weighted by atomic mass is 16.6. The Balaban J connectivity index is 1.94. The molecular formula is C12H16O4. The summed E-state index contributed by atoms with van der Waals surface area (Å²) in [6.45, 7) is 2.00. The van der Waals surface area contributed by atoms with Crippen LogP contribution in [-0.2, 0) is 16.1 Å². The normalized spacial score (nSPS) is 18.2. The lowest BCUT2D eigenvalue weighted by Crippen LogP contribution is -2.02. The first kappa shape index (κ1) is 11.2. The molecule has 0 N–H and O–H groups in total. The topological polar surface area (TPSA) is 40.2 Å². The summed E-state index contributed by atoms with van der Waals surface area (Å²) in [5.74, 6) is 1.57. The zero-order valence-electron chi connectivity index (χ0n) is 9.56. The molecule has 0 spiro atoms. The Bertz CT molecular complexity index is 347. The van der Waals surface area contributed by atoms with Crippen molar-refractivity contribution in [3.63, 3.8) is 0 Å². The summed E-state index contributed by atoms with van der Waals surface area (Å²) in [6, 6.07) is 5.70. The number of epoxide rings is 1. The van der Waals surface area contributed by atoms with Crippen LogP contribution in [0.2, 0.25) is 0 Å². The maximum absolute atomic E-state index is 5.51. The van der Waals surface area contributed by atoms with E-state index in [1.165, 1.54) is 0 Å². The van der Waals surface area contributed by atoms with Crippen LogP contribution in [0.15, 0.2) is 18.2 Å². The highest BCUT2D eigenvalue weighted by Crippen LogP contribution is 2.25. The van der Waals surface area contributed by atoms with Crippen molar-refractivity contribution in [3.8, 4) is 11.5 Å². The first-order valence-electron chi connectivity index (χ1n) is 5.23. The average Bonchev–Trinajstić information content (AvgIpc) is 3.13. The van der Waals surface area contributed by atoms with Gasteiger partial charge in [0.1, 0.15) is 17.6 Å². The molecule has 0 unspecified atom stereocenters. The summed E-state index contributed by atoms with van der Waals surface area (Å²) >= 11 is 0. The Morgan fingerprint density at radius 1 is 1.31 bits per heavy atom.